The molecule has 0 aliphatic heterocycles. The lowest BCUT2D eigenvalue weighted by Gasteiger charge is -2.09. The molecule has 0 unspecified atom stereocenters. The Morgan fingerprint density at radius 1 is 1.25 bits per heavy atom. The molecule has 2 aromatic rings. The molecule has 0 fully saturated rings. The van der Waals surface area contributed by atoms with E-state index in [1.54, 1.807) is 0 Å². The van der Waals surface area contributed by atoms with Gasteiger partial charge in [0.05, 0.1) is 0 Å². The number of hydrogen-bond acceptors (Lipinski definition) is 1. The van der Waals surface area contributed by atoms with Gasteiger partial charge in [-0.15, -0.1) is 0 Å². The molecule has 2 rings (SSSR count). The second-order valence-corrected chi connectivity index (χ2v) is 4.84. The van der Waals surface area contributed by atoms with E-state index in [0.29, 0.717) is 6.54 Å². The van der Waals surface area contributed by atoms with Crippen molar-refractivity contribution in [2.75, 3.05) is 6.54 Å². The van der Waals surface area contributed by atoms with Crippen LogP contribution in [0, 0.1) is 13.8 Å². The number of amides is 1. The molecule has 0 bridgehead atoms. The molecule has 1 aromatic heterocycles. The molecule has 0 radical (unpaired) electrons. The van der Waals surface area contributed by atoms with Gasteiger partial charge in [0, 0.05) is 30.5 Å². The third-order valence-corrected chi connectivity index (χ3v) is 3.25. The Labute approximate surface area is 119 Å². The molecule has 104 valence electrons. The van der Waals surface area contributed by atoms with E-state index < -0.39 is 0 Å². The molecule has 1 aromatic carbocycles. The average molecular weight is 268 g/mol. The monoisotopic (exact) mass is 268 g/mol. The Morgan fingerprint density at radius 2 is 1.95 bits per heavy atom. The van der Waals surface area contributed by atoms with Gasteiger partial charge in [-0.3, -0.25) is 4.79 Å². The molecule has 3 heteroatoms. The maximum atomic E-state index is 10.8. The van der Waals surface area contributed by atoms with E-state index >= 15 is 0 Å². The topological polar surface area (TPSA) is 34.0 Å². The number of nitrogens with zero attached hydrogens (tertiary/aromatic N) is 1. The molecule has 0 saturated heterocycles. The van der Waals surface area contributed by atoms with Crippen LogP contribution in [-0.2, 0) is 4.79 Å². The summed E-state index contributed by atoms with van der Waals surface area (Å²) in [5.74, 6) is -0.00981. The van der Waals surface area contributed by atoms with Crippen molar-refractivity contribution in [3.05, 3.63) is 59.4 Å². The normalized spacial score (nSPS) is 10.9. The molecule has 1 amide bonds. The first-order chi connectivity index (χ1) is 9.59. The first-order valence-electron chi connectivity index (χ1n) is 6.75. The van der Waals surface area contributed by atoms with Crippen LogP contribution in [0.4, 0.5) is 0 Å². The molecule has 1 heterocycles. The molecular weight excluding hydrogens is 248 g/mol. The molecule has 1 N–H and O–H groups in total. The molecule has 0 saturated carbocycles. The Morgan fingerprint density at radius 3 is 2.60 bits per heavy atom. The summed E-state index contributed by atoms with van der Waals surface area (Å²) < 4.78 is 2.23. The maximum Gasteiger partial charge on any atom is 0.217 e. The summed E-state index contributed by atoms with van der Waals surface area (Å²) in [6, 6.07) is 12.5. The van der Waals surface area contributed by atoms with Crippen LogP contribution >= 0.6 is 0 Å². The highest BCUT2D eigenvalue weighted by atomic mass is 16.1. The van der Waals surface area contributed by atoms with Crippen molar-refractivity contribution in [2.24, 2.45) is 0 Å². The quantitative estimate of drug-likeness (QED) is 0.907. The van der Waals surface area contributed by atoms with E-state index in [0.717, 1.165) is 0 Å². The second-order valence-electron chi connectivity index (χ2n) is 4.84. The molecule has 20 heavy (non-hydrogen) atoms. The standard InChI is InChI=1S/C17H20N2O/c1-13-12-16(8-7-11-18-15(3)20)14(2)19(13)17-9-5-4-6-10-17/h4-10,12H,11H2,1-3H3,(H,18,20). The third-order valence-electron chi connectivity index (χ3n) is 3.25. The third kappa shape index (κ3) is 3.18. The predicted molar refractivity (Wildman–Crippen MR) is 83.0 cm³/mol. The summed E-state index contributed by atoms with van der Waals surface area (Å²) in [6.07, 6.45) is 4.02. The highest BCUT2D eigenvalue weighted by Gasteiger charge is 2.07. The number of nitrogens with one attached hydrogen (secondary N) is 1. The van der Waals surface area contributed by atoms with Crippen LogP contribution in [-0.4, -0.2) is 17.0 Å². The average Bonchev–Trinajstić information content (AvgIpc) is 2.70. The molecule has 0 aliphatic rings. The van der Waals surface area contributed by atoms with E-state index in [1.807, 2.05) is 24.3 Å². The van der Waals surface area contributed by atoms with Crippen molar-refractivity contribution in [1.29, 1.82) is 0 Å². The Hall–Kier alpha value is -2.29. The highest BCUT2D eigenvalue weighted by molar-refractivity contribution is 5.73. The zero-order chi connectivity index (χ0) is 14.5. The minimum Gasteiger partial charge on any atom is -0.353 e. The molecular formula is C17H20N2O. The molecule has 0 aliphatic carbocycles. The van der Waals surface area contributed by atoms with Gasteiger partial charge in [0.15, 0.2) is 0 Å². The number of para-hydroxylation sites is 1. The van der Waals surface area contributed by atoms with Crippen LogP contribution in [0.3, 0.4) is 0 Å². The smallest absolute Gasteiger partial charge is 0.217 e. The maximum absolute atomic E-state index is 10.8. The number of aromatic nitrogens is 1. The summed E-state index contributed by atoms with van der Waals surface area (Å²) in [5.41, 5.74) is 4.75. The lowest BCUT2D eigenvalue weighted by atomic mass is 10.2. The zero-order valence-corrected chi connectivity index (χ0v) is 12.2. The Kier molecular flexibility index (Phi) is 4.41. The fourth-order valence-corrected chi connectivity index (χ4v) is 2.32. The highest BCUT2D eigenvalue weighted by Crippen LogP contribution is 2.21. The van der Waals surface area contributed by atoms with E-state index in [2.05, 4.69) is 48.0 Å². The van der Waals surface area contributed by atoms with Gasteiger partial charge < -0.3 is 9.88 Å². The molecule has 0 spiro atoms. The fourth-order valence-electron chi connectivity index (χ4n) is 2.32. The lowest BCUT2D eigenvalue weighted by molar-refractivity contribution is -0.118. The van der Waals surface area contributed by atoms with E-state index in [1.165, 1.54) is 29.6 Å². The van der Waals surface area contributed by atoms with Crippen LogP contribution in [0.2, 0.25) is 0 Å². The van der Waals surface area contributed by atoms with Gasteiger partial charge >= 0.3 is 0 Å². The number of carbonyl (C=O) groups is 1. The van der Waals surface area contributed by atoms with Crippen LogP contribution in [0.1, 0.15) is 23.9 Å². The van der Waals surface area contributed by atoms with Crippen LogP contribution in [0.5, 0.6) is 0 Å². The Bertz CT molecular complexity index is 624. The van der Waals surface area contributed by atoms with Crippen molar-refractivity contribution in [3.63, 3.8) is 0 Å². The fraction of sp³-hybridized carbons (Fsp3) is 0.235. The molecule has 0 atom stereocenters. The summed E-state index contributed by atoms with van der Waals surface area (Å²) in [6.45, 7) is 6.29. The van der Waals surface area contributed by atoms with Gasteiger partial charge in [-0.2, -0.15) is 0 Å². The van der Waals surface area contributed by atoms with E-state index in [9.17, 15) is 4.79 Å². The predicted octanol–water partition coefficient (Wildman–Crippen LogP) is 3.24. The Balaban J connectivity index is 2.23. The van der Waals surface area contributed by atoms with Crippen molar-refractivity contribution >= 4 is 12.0 Å². The van der Waals surface area contributed by atoms with Crippen LogP contribution in [0.25, 0.3) is 11.8 Å². The second kappa shape index (κ2) is 6.24. The van der Waals surface area contributed by atoms with Gasteiger partial charge in [-0.25, -0.2) is 0 Å². The van der Waals surface area contributed by atoms with Gasteiger partial charge in [0.25, 0.3) is 0 Å². The van der Waals surface area contributed by atoms with Crippen molar-refractivity contribution < 1.29 is 4.79 Å². The van der Waals surface area contributed by atoms with Crippen molar-refractivity contribution in [2.45, 2.75) is 20.8 Å². The SMILES string of the molecule is CC(=O)NCC=Cc1cc(C)n(-c2ccccc2)c1C. The number of benzene rings is 1. The van der Waals surface area contributed by atoms with Gasteiger partial charge in [0.2, 0.25) is 5.91 Å². The number of aryl methyl sites for hydroxylation is 1. The van der Waals surface area contributed by atoms with E-state index in [-0.39, 0.29) is 5.91 Å². The largest absolute Gasteiger partial charge is 0.353 e. The van der Waals surface area contributed by atoms with Crippen molar-refractivity contribution in [1.82, 2.24) is 9.88 Å². The zero-order valence-electron chi connectivity index (χ0n) is 12.2. The first-order valence-corrected chi connectivity index (χ1v) is 6.75. The minimum absolute atomic E-state index is 0.00981. The minimum atomic E-state index is -0.00981. The summed E-state index contributed by atoms with van der Waals surface area (Å²) in [4.78, 5) is 10.8. The summed E-state index contributed by atoms with van der Waals surface area (Å²) in [5, 5.41) is 2.76. The van der Waals surface area contributed by atoms with E-state index in [4.69, 9.17) is 0 Å². The van der Waals surface area contributed by atoms with Gasteiger partial charge in [-0.1, -0.05) is 30.4 Å². The first kappa shape index (κ1) is 14.1. The number of rotatable bonds is 4. The van der Waals surface area contributed by atoms with Gasteiger partial charge in [-0.05, 0) is 37.6 Å². The summed E-state index contributed by atoms with van der Waals surface area (Å²) >= 11 is 0. The number of carbonyl (C=O) groups excluding carboxylic acids is 1. The van der Waals surface area contributed by atoms with Crippen molar-refractivity contribution in [3.8, 4) is 5.69 Å². The van der Waals surface area contributed by atoms with Crippen LogP contribution in [0.15, 0.2) is 42.5 Å². The molecule has 3 nitrogen and oxygen atoms in total. The lowest BCUT2D eigenvalue weighted by Crippen LogP contribution is -2.19. The summed E-state index contributed by atoms with van der Waals surface area (Å²) in [7, 11) is 0. The van der Waals surface area contributed by atoms with Crippen LogP contribution < -0.4 is 5.32 Å². The number of hydrogen-bond donors (Lipinski definition) is 1. The van der Waals surface area contributed by atoms with Gasteiger partial charge in [0.1, 0.15) is 0 Å².